The van der Waals surface area contributed by atoms with Crippen LogP contribution < -0.4 is 0 Å². The zero-order chi connectivity index (χ0) is 27.1. The normalized spacial score (nSPS) is 19.1. The lowest BCUT2D eigenvalue weighted by molar-refractivity contribution is -0.143. The van der Waals surface area contributed by atoms with Gasteiger partial charge in [-0.3, -0.25) is 8.98 Å². The zero-order valence-electron chi connectivity index (χ0n) is 18.2. The number of amides is 1. The van der Waals surface area contributed by atoms with Crippen molar-refractivity contribution in [3.63, 3.8) is 0 Å². The molecule has 2 aromatic rings. The average molecular weight is 608 g/mol. The number of carbonyl (C=O) groups excluding carboxylic acids is 1. The molecule has 6 nitrogen and oxygen atoms in total. The Kier molecular flexibility index (Phi) is 7.80. The summed E-state index contributed by atoms with van der Waals surface area (Å²) in [6.45, 7) is -1.38. The summed E-state index contributed by atoms with van der Waals surface area (Å²) in [4.78, 5) is 13.9. The quantitative estimate of drug-likeness (QED) is 0.328. The maximum absolute atomic E-state index is 13.8. The molecule has 1 saturated heterocycles. The van der Waals surface area contributed by atoms with Crippen LogP contribution in [-0.4, -0.2) is 45.4 Å². The van der Waals surface area contributed by atoms with Crippen molar-refractivity contribution in [2.45, 2.75) is 24.4 Å². The lowest BCUT2D eigenvalue weighted by Crippen LogP contribution is -2.36. The molecule has 0 unspecified atom stereocenters. The van der Waals surface area contributed by atoms with Crippen LogP contribution in [0.5, 0.6) is 0 Å². The van der Waals surface area contributed by atoms with Crippen LogP contribution in [0, 0.1) is 5.82 Å². The van der Waals surface area contributed by atoms with Crippen molar-refractivity contribution in [2.24, 2.45) is 0 Å². The summed E-state index contributed by atoms with van der Waals surface area (Å²) in [6, 6.07) is 4.17. The molecule has 0 N–H and O–H groups in total. The standard InChI is InChI=1S/C21H17BrF7NO5S/c1-36(32,33)35-5-4-19(13-2-3-17(23)16(22)9-13)10-30(11-34-19)18(31)12-6-14(20(24,25)26)8-15(7-12)21(27,28)29/h2-3,6-9H,4-5,10-11H2,1H3/t19-/m1/s1. The summed E-state index contributed by atoms with van der Waals surface area (Å²) in [5.41, 5.74) is -5.41. The molecular weight excluding hydrogens is 591 g/mol. The minimum absolute atomic E-state index is 0.00415. The molecule has 36 heavy (non-hydrogen) atoms. The fraction of sp³-hybridized carbons (Fsp3) is 0.381. The monoisotopic (exact) mass is 607 g/mol. The van der Waals surface area contributed by atoms with E-state index in [4.69, 9.17) is 8.92 Å². The number of carbonyl (C=O) groups is 1. The SMILES string of the molecule is CS(=O)(=O)OCC[C@]1(c2ccc(F)c(Br)c2)CN(C(=O)c2cc(C(F)(F)F)cc(C(F)(F)F)c2)CO1. The van der Waals surface area contributed by atoms with E-state index in [0.29, 0.717) is 12.1 Å². The smallest absolute Gasteiger partial charge is 0.348 e. The van der Waals surface area contributed by atoms with E-state index in [1.54, 1.807) is 0 Å². The summed E-state index contributed by atoms with van der Waals surface area (Å²) in [6.07, 6.45) is -9.69. The van der Waals surface area contributed by atoms with Crippen molar-refractivity contribution in [2.75, 3.05) is 26.1 Å². The van der Waals surface area contributed by atoms with E-state index in [1.807, 2.05) is 0 Å². The maximum Gasteiger partial charge on any atom is 0.416 e. The first-order chi connectivity index (χ1) is 16.4. The molecule has 15 heteroatoms. The number of ether oxygens (including phenoxy) is 1. The Bertz CT molecular complexity index is 1230. The van der Waals surface area contributed by atoms with Crippen molar-refractivity contribution in [1.82, 2.24) is 4.90 Å². The van der Waals surface area contributed by atoms with Crippen LogP contribution in [0.15, 0.2) is 40.9 Å². The molecule has 1 aliphatic rings. The van der Waals surface area contributed by atoms with Crippen LogP contribution in [0.25, 0.3) is 0 Å². The van der Waals surface area contributed by atoms with Gasteiger partial charge in [-0.15, -0.1) is 0 Å². The van der Waals surface area contributed by atoms with Gasteiger partial charge in [0.05, 0.1) is 35.0 Å². The molecule has 0 aliphatic carbocycles. The van der Waals surface area contributed by atoms with E-state index >= 15 is 0 Å². The Labute approximate surface area is 209 Å². The van der Waals surface area contributed by atoms with Gasteiger partial charge in [-0.2, -0.15) is 34.8 Å². The number of halogens is 8. The van der Waals surface area contributed by atoms with E-state index in [-0.39, 0.29) is 22.5 Å². The van der Waals surface area contributed by atoms with E-state index < -0.39 is 76.4 Å². The first-order valence-corrected chi connectivity index (χ1v) is 12.5. The summed E-state index contributed by atoms with van der Waals surface area (Å²) < 4.78 is 126. The van der Waals surface area contributed by atoms with Gasteiger partial charge >= 0.3 is 12.4 Å². The highest BCUT2D eigenvalue weighted by Gasteiger charge is 2.44. The molecule has 0 aromatic heterocycles. The first kappa shape index (κ1) is 28.3. The third-order valence-electron chi connectivity index (χ3n) is 5.31. The van der Waals surface area contributed by atoms with Gasteiger partial charge in [0.1, 0.15) is 18.1 Å². The zero-order valence-corrected chi connectivity index (χ0v) is 20.6. The number of hydrogen-bond acceptors (Lipinski definition) is 5. The molecular formula is C21H17BrF7NO5S. The molecule has 198 valence electrons. The molecule has 1 atom stereocenters. The number of nitrogens with zero attached hydrogens (tertiary/aromatic N) is 1. The van der Waals surface area contributed by atoms with E-state index in [1.165, 1.54) is 12.1 Å². The predicted molar refractivity (Wildman–Crippen MR) is 115 cm³/mol. The van der Waals surface area contributed by atoms with Crippen LogP contribution in [0.3, 0.4) is 0 Å². The first-order valence-electron chi connectivity index (χ1n) is 9.94. The molecule has 0 radical (unpaired) electrons. The number of rotatable bonds is 6. The Morgan fingerprint density at radius 2 is 1.67 bits per heavy atom. The number of alkyl halides is 6. The second-order valence-corrected chi connectivity index (χ2v) is 10.5. The fourth-order valence-corrected chi connectivity index (χ4v) is 4.36. The van der Waals surface area contributed by atoms with E-state index in [9.17, 15) is 43.9 Å². The van der Waals surface area contributed by atoms with Gasteiger partial charge in [-0.1, -0.05) is 6.07 Å². The molecule has 0 saturated carbocycles. The molecule has 1 fully saturated rings. The maximum atomic E-state index is 13.8. The minimum Gasteiger partial charge on any atom is -0.348 e. The third kappa shape index (κ3) is 6.55. The predicted octanol–water partition coefficient (Wildman–Crippen LogP) is 5.32. The largest absolute Gasteiger partial charge is 0.416 e. The van der Waals surface area contributed by atoms with Crippen molar-refractivity contribution in [3.05, 3.63) is 68.9 Å². The highest BCUT2D eigenvalue weighted by Crippen LogP contribution is 2.40. The van der Waals surface area contributed by atoms with E-state index in [0.717, 1.165) is 17.2 Å². The van der Waals surface area contributed by atoms with Crippen molar-refractivity contribution >= 4 is 32.0 Å². The summed E-state index contributed by atoms with van der Waals surface area (Å²) >= 11 is 3.00. The van der Waals surface area contributed by atoms with Gasteiger partial charge in [-0.05, 0) is 51.8 Å². The second kappa shape index (κ2) is 9.91. The van der Waals surface area contributed by atoms with Gasteiger partial charge in [-0.25, -0.2) is 4.39 Å². The van der Waals surface area contributed by atoms with Crippen LogP contribution in [0.4, 0.5) is 30.7 Å². The van der Waals surface area contributed by atoms with Crippen molar-refractivity contribution < 1.29 is 52.9 Å². The molecule has 0 spiro atoms. The van der Waals surface area contributed by atoms with Gasteiger partial charge in [0.15, 0.2) is 0 Å². The average Bonchev–Trinajstić information content (AvgIpc) is 3.18. The van der Waals surface area contributed by atoms with Crippen LogP contribution in [0.2, 0.25) is 0 Å². The fourth-order valence-electron chi connectivity index (χ4n) is 3.60. The van der Waals surface area contributed by atoms with Crippen molar-refractivity contribution in [1.29, 1.82) is 0 Å². The van der Waals surface area contributed by atoms with Crippen LogP contribution >= 0.6 is 15.9 Å². The van der Waals surface area contributed by atoms with Crippen LogP contribution in [0.1, 0.15) is 33.5 Å². The molecule has 1 heterocycles. The summed E-state index contributed by atoms with van der Waals surface area (Å²) in [5, 5.41) is 0. The molecule has 1 amide bonds. The van der Waals surface area contributed by atoms with Gasteiger partial charge in [0.2, 0.25) is 0 Å². The van der Waals surface area contributed by atoms with Gasteiger partial charge < -0.3 is 9.64 Å². The van der Waals surface area contributed by atoms with Gasteiger partial charge in [0.25, 0.3) is 16.0 Å². The molecule has 3 rings (SSSR count). The highest BCUT2D eigenvalue weighted by atomic mass is 79.9. The third-order valence-corrected chi connectivity index (χ3v) is 6.52. The van der Waals surface area contributed by atoms with E-state index in [2.05, 4.69) is 15.9 Å². The summed E-state index contributed by atoms with van der Waals surface area (Å²) in [7, 11) is -3.87. The lowest BCUT2D eigenvalue weighted by atomic mass is 9.90. The topological polar surface area (TPSA) is 72.9 Å². The van der Waals surface area contributed by atoms with Crippen LogP contribution in [-0.2, 0) is 37.0 Å². The Hall–Kier alpha value is -2.23. The summed E-state index contributed by atoms with van der Waals surface area (Å²) in [5.74, 6) is -1.82. The second-order valence-electron chi connectivity index (χ2n) is 7.97. The molecule has 2 aromatic carbocycles. The Morgan fingerprint density at radius 1 is 1.08 bits per heavy atom. The Morgan fingerprint density at radius 3 is 2.17 bits per heavy atom. The molecule has 0 bridgehead atoms. The van der Waals surface area contributed by atoms with Gasteiger partial charge in [0, 0.05) is 12.0 Å². The minimum atomic E-state index is -5.15. The highest BCUT2D eigenvalue weighted by molar-refractivity contribution is 9.10. The Balaban J connectivity index is 1.97. The number of hydrogen-bond donors (Lipinski definition) is 0. The van der Waals surface area contributed by atoms with Crippen molar-refractivity contribution in [3.8, 4) is 0 Å². The lowest BCUT2D eigenvalue weighted by Gasteiger charge is -2.28. The molecule has 1 aliphatic heterocycles. The number of benzene rings is 2.